The van der Waals surface area contributed by atoms with Crippen molar-refractivity contribution < 1.29 is 9.13 Å². The predicted octanol–water partition coefficient (Wildman–Crippen LogP) is 3.25. The van der Waals surface area contributed by atoms with Gasteiger partial charge in [0.05, 0.1) is 12.3 Å². The van der Waals surface area contributed by atoms with Crippen molar-refractivity contribution in [2.24, 2.45) is 0 Å². The van der Waals surface area contributed by atoms with Crippen molar-refractivity contribution in [2.45, 2.75) is 19.1 Å². The number of morpholine rings is 1. The third kappa shape index (κ3) is 2.77. The Hall–Kier alpha value is -1.46. The average Bonchev–Trinajstić information content (AvgIpc) is 2.93. The summed E-state index contributed by atoms with van der Waals surface area (Å²) in [4.78, 5) is 6.30. The first-order valence-corrected chi connectivity index (χ1v) is 7.21. The SMILES string of the molecule is C[C@H]1CN(c2ccc(F)cn2)C[C@H](c2ccsc2)O1. The summed E-state index contributed by atoms with van der Waals surface area (Å²) in [5.74, 6) is 0.497. The number of rotatable bonds is 2. The Labute approximate surface area is 115 Å². The Kier molecular flexibility index (Phi) is 3.48. The molecule has 1 aliphatic rings. The van der Waals surface area contributed by atoms with Gasteiger partial charge in [0.2, 0.25) is 0 Å². The van der Waals surface area contributed by atoms with Crippen LogP contribution < -0.4 is 4.90 Å². The van der Waals surface area contributed by atoms with Crippen LogP contribution in [0.2, 0.25) is 0 Å². The highest BCUT2D eigenvalue weighted by Crippen LogP contribution is 2.28. The molecule has 1 aliphatic heterocycles. The van der Waals surface area contributed by atoms with E-state index in [9.17, 15) is 4.39 Å². The smallest absolute Gasteiger partial charge is 0.141 e. The largest absolute Gasteiger partial charge is 0.367 e. The van der Waals surface area contributed by atoms with Gasteiger partial charge in [0.25, 0.3) is 0 Å². The fourth-order valence-electron chi connectivity index (χ4n) is 2.34. The Morgan fingerprint density at radius 2 is 2.26 bits per heavy atom. The molecule has 0 aliphatic carbocycles. The second-order valence-corrected chi connectivity index (χ2v) is 5.51. The van der Waals surface area contributed by atoms with Crippen LogP contribution >= 0.6 is 11.3 Å². The molecule has 3 heterocycles. The van der Waals surface area contributed by atoms with Crippen LogP contribution in [0.25, 0.3) is 0 Å². The van der Waals surface area contributed by atoms with Crippen molar-refractivity contribution in [3.8, 4) is 0 Å². The van der Waals surface area contributed by atoms with Crippen molar-refractivity contribution in [1.82, 2.24) is 4.98 Å². The summed E-state index contributed by atoms with van der Waals surface area (Å²) in [6.07, 6.45) is 1.45. The Balaban J connectivity index is 1.80. The monoisotopic (exact) mass is 278 g/mol. The zero-order chi connectivity index (χ0) is 13.2. The van der Waals surface area contributed by atoms with Crippen LogP contribution in [-0.4, -0.2) is 24.2 Å². The summed E-state index contributed by atoms with van der Waals surface area (Å²) < 4.78 is 18.9. The first kappa shape index (κ1) is 12.6. The zero-order valence-corrected chi connectivity index (χ0v) is 11.4. The summed E-state index contributed by atoms with van der Waals surface area (Å²) in [6.45, 7) is 3.58. The normalized spacial score (nSPS) is 23.6. The molecule has 0 aromatic carbocycles. The van der Waals surface area contributed by atoms with Crippen molar-refractivity contribution in [1.29, 1.82) is 0 Å². The van der Waals surface area contributed by atoms with E-state index >= 15 is 0 Å². The van der Waals surface area contributed by atoms with E-state index in [1.165, 1.54) is 17.8 Å². The maximum atomic E-state index is 12.9. The van der Waals surface area contributed by atoms with Gasteiger partial charge in [-0.3, -0.25) is 0 Å². The number of pyridine rings is 1. The van der Waals surface area contributed by atoms with Crippen molar-refractivity contribution in [3.05, 3.63) is 46.5 Å². The maximum Gasteiger partial charge on any atom is 0.141 e. The number of thiophene rings is 1. The van der Waals surface area contributed by atoms with Crippen LogP contribution in [0.15, 0.2) is 35.2 Å². The van der Waals surface area contributed by atoms with Gasteiger partial charge in [0.15, 0.2) is 0 Å². The summed E-state index contributed by atoms with van der Waals surface area (Å²) in [7, 11) is 0. The number of nitrogens with zero attached hydrogens (tertiary/aromatic N) is 2. The van der Waals surface area contributed by atoms with Gasteiger partial charge in [-0.25, -0.2) is 9.37 Å². The molecule has 3 nitrogen and oxygen atoms in total. The van der Waals surface area contributed by atoms with Crippen LogP contribution in [0, 0.1) is 5.82 Å². The maximum absolute atomic E-state index is 12.9. The van der Waals surface area contributed by atoms with E-state index in [2.05, 4.69) is 33.6 Å². The molecule has 5 heteroatoms. The molecule has 2 aromatic heterocycles. The van der Waals surface area contributed by atoms with E-state index in [0.29, 0.717) is 0 Å². The highest BCUT2D eigenvalue weighted by Gasteiger charge is 2.27. The molecule has 100 valence electrons. The van der Waals surface area contributed by atoms with Gasteiger partial charge in [0, 0.05) is 13.1 Å². The van der Waals surface area contributed by atoms with Gasteiger partial charge >= 0.3 is 0 Å². The summed E-state index contributed by atoms with van der Waals surface area (Å²) in [5, 5.41) is 4.16. The Morgan fingerprint density at radius 1 is 1.37 bits per heavy atom. The third-order valence-corrected chi connectivity index (χ3v) is 3.91. The van der Waals surface area contributed by atoms with Crippen LogP contribution in [0.3, 0.4) is 0 Å². The lowest BCUT2D eigenvalue weighted by atomic mass is 10.1. The van der Waals surface area contributed by atoms with Gasteiger partial charge in [-0.1, -0.05) is 0 Å². The number of anilines is 1. The summed E-state index contributed by atoms with van der Waals surface area (Å²) in [6, 6.07) is 5.25. The quantitative estimate of drug-likeness (QED) is 0.843. The highest BCUT2D eigenvalue weighted by molar-refractivity contribution is 7.07. The predicted molar refractivity (Wildman–Crippen MR) is 74.0 cm³/mol. The lowest BCUT2D eigenvalue weighted by molar-refractivity contribution is -0.0174. The third-order valence-electron chi connectivity index (χ3n) is 3.21. The topological polar surface area (TPSA) is 25.4 Å². The number of aromatic nitrogens is 1. The van der Waals surface area contributed by atoms with Gasteiger partial charge < -0.3 is 9.64 Å². The highest BCUT2D eigenvalue weighted by atomic mass is 32.1. The minimum atomic E-state index is -0.306. The summed E-state index contributed by atoms with van der Waals surface area (Å²) in [5.41, 5.74) is 1.20. The van der Waals surface area contributed by atoms with E-state index in [1.807, 2.05) is 0 Å². The number of hydrogen-bond donors (Lipinski definition) is 0. The minimum absolute atomic E-state index is 0.0573. The molecule has 2 aromatic rings. The number of ether oxygens (including phenoxy) is 1. The minimum Gasteiger partial charge on any atom is -0.367 e. The molecule has 0 N–H and O–H groups in total. The molecule has 0 amide bonds. The summed E-state index contributed by atoms with van der Waals surface area (Å²) >= 11 is 1.67. The molecule has 2 atom stereocenters. The van der Waals surface area contributed by atoms with Crippen LogP contribution in [-0.2, 0) is 4.74 Å². The molecule has 0 saturated carbocycles. The molecular formula is C14H15FN2OS. The van der Waals surface area contributed by atoms with E-state index < -0.39 is 0 Å². The standard InChI is InChI=1S/C14H15FN2OS/c1-10-7-17(14-3-2-12(15)6-16-14)8-13(18-10)11-4-5-19-9-11/h2-6,9-10,13H,7-8H2,1H3/t10-,13+/m0/s1. The first-order valence-electron chi connectivity index (χ1n) is 6.26. The van der Waals surface area contributed by atoms with Gasteiger partial charge in [-0.2, -0.15) is 11.3 Å². The first-order chi connectivity index (χ1) is 9.22. The van der Waals surface area contributed by atoms with Crippen LogP contribution in [0.1, 0.15) is 18.6 Å². The molecule has 0 bridgehead atoms. The molecule has 19 heavy (non-hydrogen) atoms. The molecule has 1 fully saturated rings. The molecular weight excluding hydrogens is 263 g/mol. The lowest BCUT2D eigenvalue weighted by Gasteiger charge is -2.37. The lowest BCUT2D eigenvalue weighted by Crippen LogP contribution is -2.43. The van der Waals surface area contributed by atoms with Crippen LogP contribution in [0.4, 0.5) is 10.2 Å². The molecule has 0 unspecified atom stereocenters. The van der Waals surface area contributed by atoms with Gasteiger partial charge in [0.1, 0.15) is 17.7 Å². The Morgan fingerprint density at radius 3 is 2.95 bits per heavy atom. The molecule has 3 rings (SSSR count). The number of halogens is 1. The van der Waals surface area contributed by atoms with Gasteiger partial charge in [-0.15, -0.1) is 0 Å². The molecule has 0 radical (unpaired) electrons. The number of hydrogen-bond acceptors (Lipinski definition) is 4. The fraction of sp³-hybridized carbons (Fsp3) is 0.357. The van der Waals surface area contributed by atoms with E-state index in [1.54, 1.807) is 17.4 Å². The van der Waals surface area contributed by atoms with Crippen molar-refractivity contribution in [2.75, 3.05) is 18.0 Å². The van der Waals surface area contributed by atoms with E-state index in [4.69, 9.17) is 4.74 Å². The van der Waals surface area contributed by atoms with Crippen molar-refractivity contribution in [3.63, 3.8) is 0 Å². The average molecular weight is 278 g/mol. The second kappa shape index (κ2) is 5.27. The van der Waals surface area contributed by atoms with Crippen molar-refractivity contribution >= 4 is 17.2 Å². The Bertz CT molecular complexity index is 529. The fourth-order valence-corrected chi connectivity index (χ4v) is 3.04. The van der Waals surface area contributed by atoms with E-state index in [0.717, 1.165) is 18.9 Å². The second-order valence-electron chi connectivity index (χ2n) is 4.73. The zero-order valence-electron chi connectivity index (χ0n) is 10.6. The van der Waals surface area contributed by atoms with Gasteiger partial charge in [-0.05, 0) is 41.4 Å². The van der Waals surface area contributed by atoms with E-state index in [-0.39, 0.29) is 18.0 Å². The molecule has 0 spiro atoms. The van der Waals surface area contributed by atoms with Crippen LogP contribution in [0.5, 0.6) is 0 Å². The molecule has 1 saturated heterocycles.